The van der Waals surface area contributed by atoms with Gasteiger partial charge in [-0.15, -0.1) is 0 Å². The van der Waals surface area contributed by atoms with E-state index in [9.17, 15) is 14.6 Å². The summed E-state index contributed by atoms with van der Waals surface area (Å²) in [5.41, 5.74) is -0.271. The molecule has 0 atom stereocenters. The second-order valence-electron chi connectivity index (χ2n) is 4.71. The highest BCUT2D eigenvalue weighted by molar-refractivity contribution is 5.32. The molecule has 0 aliphatic carbocycles. The first kappa shape index (κ1) is 13.3. The molecule has 0 aromatic heterocycles. The number of nitrogens with one attached hydrogen (secondary N) is 1. The molecule has 0 saturated carbocycles. The summed E-state index contributed by atoms with van der Waals surface area (Å²) >= 11 is 0. The van der Waals surface area contributed by atoms with E-state index in [0.29, 0.717) is 44.7 Å². The molecular weight excluding hydrogens is 237 g/mol. The summed E-state index contributed by atoms with van der Waals surface area (Å²) in [4.78, 5) is 0. The number of hydrogen-bond donors (Lipinski definition) is 3. The minimum Gasteiger partial charge on any atom is -0.508 e. The van der Waals surface area contributed by atoms with E-state index >= 15 is 0 Å². The predicted octanol–water partition coefficient (Wildman–Crippen LogP) is 1.16. The molecule has 1 aliphatic rings. The summed E-state index contributed by atoms with van der Waals surface area (Å²) in [6.45, 7) is 1.85. The number of phenolic OH excluding ortho intramolecular Hbond substituents is 1. The van der Waals surface area contributed by atoms with Gasteiger partial charge in [0, 0.05) is 44.7 Å². The van der Waals surface area contributed by atoms with Gasteiger partial charge < -0.3 is 20.3 Å². The van der Waals surface area contributed by atoms with Gasteiger partial charge in [-0.25, -0.2) is 4.39 Å². The van der Waals surface area contributed by atoms with E-state index in [1.165, 1.54) is 18.2 Å². The van der Waals surface area contributed by atoms with Gasteiger partial charge in [-0.3, -0.25) is 0 Å². The van der Waals surface area contributed by atoms with Crippen molar-refractivity contribution in [2.45, 2.75) is 25.0 Å². The normalized spacial score (nSPS) is 18.8. The van der Waals surface area contributed by atoms with Crippen molar-refractivity contribution >= 4 is 0 Å². The zero-order valence-electron chi connectivity index (χ0n) is 10.2. The lowest BCUT2D eigenvalue weighted by Crippen LogP contribution is -2.44. The molecule has 1 aliphatic heterocycles. The Morgan fingerprint density at radius 2 is 2.06 bits per heavy atom. The van der Waals surface area contributed by atoms with Crippen LogP contribution in [0, 0.1) is 5.82 Å². The highest BCUT2D eigenvalue weighted by atomic mass is 19.1. The minimum absolute atomic E-state index is 0.0582. The molecule has 1 fully saturated rings. The lowest BCUT2D eigenvalue weighted by Gasteiger charge is -2.32. The van der Waals surface area contributed by atoms with Crippen LogP contribution in [0.2, 0.25) is 0 Å². The van der Waals surface area contributed by atoms with Gasteiger partial charge in [-0.1, -0.05) is 0 Å². The van der Waals surface area contributed by atoms with Crippen LogP contribution in [0.25, 0.3) is 0 Å². The average molecular weight is 255 g/mol. The number of rotatable bonds is 4. The van der Waals surface area contributed by atoms with Crippen molar-refractivity contribution in [1.29, 1.82) is 0 Å². The fourth-order valence-corrected chi connectivity index (χ4v) is 2.05. The first-order valence-corrected chi connectivity index (χ1v) is 6.07. The van der Waals surface area contributed by atoms with Crippen molar-refractivity contribution in [2.75, 3.05) is 19.8 Å². The van der Waals surface area contributed by atoms with Gasteiger partial charge in [0.2, 0.25) is 0 Å². The van der Waals surface area contributed by atoms with Crippen LogP contribution in [-0.2, 0) is 11.3 Å². The molecule has 2 rings (SSSR count). The SMILES string of the molecule is Oc1ccc(F)cc1CNCC1(O)CCOCC1. The van der Waals surface area contributed by atoms with E-state index in [2.05, 4.69) is 5.32 Å². The molecule has 18 heavy (non-hydrogen) atoms. The Bertz CT molecular complexity index is 405. The van der Waals surface area contributed by atoms with Crippen molar-refractivity contribution < 1.29 is 19.3 Å². The van der Waals surface area contributed by atoms with Crippen molar-refractivity contribution in [2.24, 2.45) is 0 Å². The molecule has 0 bridgehead atoms. The lowest BCUT2D eigenvalue weighted by molar-refractivity contribution is -0.0617. The molecule has 0 radical (unpaired) electrons. The summed E-state index contributed by atoms with van der Waals surface area (Å²) in [5.74, 6) is -0.322. The summed E-state index contributed by atoms with van der Waals surface area (Å²) in [6, 6.07) is 3.83. The van der Waals surface area contributed by atoms with Crippen LogP contribution in [0.15, 0.2) is 18.2 Å². The molecule has 1 saturated heterocycles. The maximum atomic E-state index is 13.0. The van der Waals surface area contributed by atoms with Crippen molar-refractivity contribution in [1.82, 2.24) is 5.32 Å². The Kier molecular flexibility index (Phi) is 4.16. The molecule has 1 heterocycles. The van der Waals surface area contributed by atoms with Crippen molar-refractivity contribution in [3.05, 3.63) is 29.6 Å². The summed E-state index contributed by atoms with van der Waals surface area (Å²) in [6.07, 6.45) is 1.18. The number of hydrogen-bond acceptors (Lipinski definition) is 4. The molecule has 3 N–H and O–H groups in total. The van der Waals surface area contributed by atoms with Gasteiger partial charge >= 0.3 is 0 Å². The maximum absolute atomic E-state index is 13.0. The Labute approximate surface area is 105 Å². The van der Waals surface area contributed by atoms with Crippen LogP contribution in [0.4, 0.5) is 4.39 Å². The summed E-state index contributed by atoms with van der Waals surface area (Å²) < 4.78 is 18.2. The van der Waals surface area contributed by atoms with Crippen LogP contribution in [0.5, 0.6) is 5.75 Å². The standard InChI is InChI=1S/C13H18FNO3/c14-11-1-2-12(16)10(7-11)8-15-9-13(17)3-5-18-6-4-13/h1-2,7,15-17H,3-6,8-9H2. The van der Waals surface area contributed by atoms with E-state index in [0.717, 1.165) is 0 Å². The van der Waals surface area contributed by atoms with Crippen molar-refractivity contribution in [3.8, 4) is 5.75 Å². The fraction of sp³-hybridized carbons (Fsp3) is 0.538. The average Bonchev–Trinajstić information content (AvgIpc) is 2.34. The monoisotopic (exact) mass is 255 g/mol. The van der Waals surface area contributed by atoms with Crippen LogP contribution in [0.3, 0.4) is 0 Å². The molecule has 5 heteroatoms. The maximum Gasteiger partial charge on any atom is 0.123 e. The van der Waals surface area contributed by atoms with E-state index in [1.807, 2.05) is 0 Å². The zero-order chi connectivity index (χ0) is 13.0. The molecule has 0 spiro atoms. The number of phenols is 1. The number of ether oxygens (including phenoxy) is 1. The van der Waals surface area contributed by atoms with Gasteiger partial charge in [0.05, 0.1) is 5.60 Å². The molecule has 1 aromatic carbocycles. The summed E-state index contributed by atoms with van der Waals surface area (Å²) in [7, 11) is 0. The summed E-state index contributed by atoms with van der Waals surface area (Å²) in [5, 5.41) is 22.8. The molecule has 100 valence electrons. The first-order valence-electron chi connectivity index (χ1n) is 6.07. The highest BCUT2D eigenvalue weighted by Crippen LogP contribution is 2.21. The number of aliphatic hydroxyl groups is 1. The van der Waals surface area contributed by atoms with Crippen LogP contribution < -0.4 is 5.32 Å². The fourth-order valence-electron chi connectivity index (χ4n) is 2.05. The first-order chi connectivity index (χ1) is 8.59. The minimum atomic E-state index is -0.763. The van der Waals surface area contributed by atoms with Crippen LogP contribution >= 0.6 is 0 Å². The molecule has 4 nitrogen and oxygen atoms in total. The molecule has 1 aromatic rings. The quantitative estimate of drug-likeness (QED) is 0.755. The topological polar surface area (TPSA) is 61.7 Å². The van der Waals surface area contributed by atoms with Gasteiger partial charge in [-0.2, -0.15) is 0 Å². The predicted molar refractivity (Wildman–Crippen MR) is 64.8 cm³/mol. The number of halogens is 1. The Morgan fingerprint density at radius 3 is 2.78 bits per heavy atom. The second-order valence-corrected chi connectivity index (χ2v) is 4.71. The molecule has 0 amide bonds. The van der Waals surface area contributed by atoms with Gasteiger partial charge in [0.15, 0.2) is 0 Å². The van der Waals surface area contributed by atoms with E-state index in [4.69, 9.17) is 4.74 Å². The van der Waals surface area contributed by atoms with Crippen LogP contribution in [0.1, 0.15) is 18.4 Å². The van der Waals surface area contributed by atoms with Gasteiger partial charge in [0.1, 0.15) is 11.6 Å². The highest BCUT2D eigenvalue weighted by Gasteiger charge is 2.29. The third-order valence-corrected chi connectivity index (χ3v) is 3.23. The van der Waals surface area contributed by atoms with E-state index < -0.39 is 5.60 Å². The largest absolute Gasteiger partial charge is 0.508 e. The lowest BCUT2D eigenvalue weighted by atomic mass is 9.94. The molecular formula is C13H18FNO3. The third kappa shape index (κ3) is 3.41. The number of benzene rings is 1. The molecule has 0 unspecified atom stereocenters. The Hall–Kier alpha value is -1.17. The third-order valence-electron chi connectivity index (χ3n) is 3.23. The van der Waals surface area contributed by atoms with Gasteiger partial charge in [0.25, 0.3) is 0 Å². The van der Waals surface area contributed by atoms with E-state index in [1.54, 1.807) is 0 Å². The van der Waals surface area contributed by atoms with E-state index in [-0.39, 0.29) is 11.6 Å². The zero-order valence-corrected chi connectivity index (χ0v) is 10.2. The Morgan fingerprint density at radius 1 is 1.33 bits per heavy atom. The van der Waals surface area contributed by atoms with Gasteiger partial charge in [-0.05, 0) is 18.2 Å². The second kappa shape index (κ2) is 5.65. The Balaban J connectivity index is 1.86. The van der Waals surface area contributed by atoms with Crippen molar-refractivity contribution in [3.63, 3.8) is 0 Å². The van der Waals surface area contributed by atoms with Crippen LogP contribution in [-0.4, -0.2) is 35.6 Å². The number of aromatic hydroxyl groups is 1. The smallest absolute Gasteiger partial charge is 0.123 e.